The van der Waals surface area contributed by atoms with E-state index < -0.39 is 10.0 Å². The highest BCUT2D eigenvalue weighted by Crippen LogP contribution is 2.36. The lowest BCUT2D eigenvalue weighted by Crippen LogP contribution is -2.30. The summed E-state index contributed by atoms with van der Waals surface area (Å²) in [6.45, 7) is 4.78. The van der Waals surface area contributed by atoms with Gasteiger partial charge >= 0.3 is 0 Å². The second-order valence-electron chi connectivity index (χ2n) is 7.07. The van der Waals surface area contributed by atoms with Crippen LogP contribution in [0.1, 0.15) is 43.9 Å². The largest absolute Gasteiger partial charge is 0.243 e. The van der Waals surface area contributed by atoms with E-state index in [4.69, 9.17) is 0 Å². The Hall–Kier alpha value is -1.72. The first kappa shape index (κ1) is 18.1. The van der Waals surface area contributed by atoms with Crippen molar-refractivity contribution >= 4 is 10.0 Å². The molecule has 0 amide bonds. The lowest BCUT2D eigenvalue weighted by molar-refractivity contribution is 0.396. The van der Waals surface area contributed by atoms with E-state index in [1.165, 1.54) is 12.1 Å². The molecule has 1 aliphatic heterocycles. The Morgan fingerprint density at radius 3 is 2.32 bits per heavy atom. The molecule has 0 spiro atoms. The van der Waals surface area contributed by atoms with E-state index in [2.05, 4.69) is 13.8 Å². The minimum atomic E-state index is -3.55. The lowest BCUT2D eigenvalue weighted by atomic mass is 10.0. The van der Waals surface area contributed by atoms with E-state index >= 15 is 0 Å². The van der Waals surface area contributed by atoms with Crippen LogP contribution >= 0.6 is 0 Å². The van der Waals surface area contributed by atoms with Crippen molar-refractivity contribution in [1.29, 1.82) is 0 Å². The van der Waals surface area contributed by atoms with Crippen molar-refractivity contribution in [3.8, 4) is 0 Å². The van der Waals surface area contributed by atoms with Gasteiger partial charge < -0.3 is 0 Å². The van der Waals surface area contributed by atoms with Crippen molar-refractivity contribution in [2.45, 2.75) is 44.0 Å². The highest BCUT2D eigenvalue weighted by molar-refractivity contribution is 7.89. The number of rotatable bonds is 5. The van der Waals surface area contributed by atoms with Crippen LogP contribution in [0.2, 0.25) is 0 Å². The highest BCUT2D eigenvalue weighted by Gasteiger charge is 2.36. The molecule has 1 fully saturated rings. The number of hydrogen-bond acceptors (Lipinski definition) is 2. The fourth-order valence-corrected chi connectivity index (χ4v) is 5.13. The third-order valence-electron chi connectivity index (χ3n) is 4.63. The van der Waals surface area contributed by atoms with Gasteiger partial charge in [-0.25, -0.2) is 12.8 Å². The van der Waals surface area contributed by atoms with Crippen molar-refractivity contribution in [3.63, 3.8) is 0 Å². The summed E-state index contributed by atoms with van der Waals surface area (Å²) in [5.41, 5.74) is 1.99. The zero-order valence-electron chi connectivity index (χ0n) is 14.7. The molecule has 2 aromatic rings. The molecule has 0 unspecified atom stereocenters. The van der Waals surface area contributed by atoms with Crippen LogP contribution in [-0.2, 0) is 16.4 Å². The number of halogens is 1. The van der Waals surface area contributed by atoms with E-state index in [1.54, 1.807) is 28.6 Å². The van der Waals surface area contributed by atoms with Gasteiger partial charge in [-0.1, -0.05) is 38.1 Å². The Morgan fingerprint density at radius 1 is 1.08 bits per heavy atom. The SMILES string of the molecule is CC(C)Cc1ccc(S(=O)(=O)N2CCC[C@H]2c2ccc(F)cc2)cc1. The molecule has 1 heterocycles. The van der Waals surface area contributed by atoms with Crippen molar-refractivity contribution < 1.29 is 12.8 Å². The molecule has 0 aliphatic carbocycles. The molecule has 0 N–H and O–H groups in total. The summed E-state index contributed by atoms with van der Waals surface area (Å²) >= 11 is 0. The highest BCUT2D eigenvalue weighted by atomic mass is 32.2. The summed E-state index contributed by atoms with van der Waals surface area (Å²) in [7, 11) is -3.55. The average molecular weight is 361 g/mol. The summed E-state index contributed by atoms with van der Waals surface area (Å²) in [6, 6.07) is 13.1. The van der Waals surface area contributed by atoms with E-state index in [1.807, 2.05) is 12.1 Å². The zero-order chi connectivity index (χ0) is 18.0. The first-order valence-corrected chi connectivity index (χ1v) is 10.2. The second-order valence-corrected chi connectivity index (χ2v) is 8.96. The van der Waals surface area contributed by atoms with Gasteiger partial charge in [-0.2, -0.15) is 4.31 Å². The molecule has 5 heteroatoms. The molecule has 134 valence electrons. The van der Waals surface area contributed by atoms with Crippen molar-refractivity contribution in [1.82, 2.24) is 4.31 Å². The number of hydrogen-bond donors (Lipinski definition) is 0. The van der Waals surface area contributed by atoms with Crippen LogP contribution in [0, 0.1) is 11.7 Å². The number of nitrogens with zero attached hydrogens (tertiary/aromatic N) is 1. The topological polar surface area (TPSA) is 37.4 Å². The zero-order valence-corrected chi connectivity index (χ0v) is 15.5. The fourth-order valence-electron chi connectivity index (χ4n) is 3.45. The standard InChI is InChI=1S/C20H24FNO2S/c1-15(2)14-16-5-11-19(12-6-16)25(23,24)22-13-3-4-20(22)17-7-9-18(21)10-8-17/h5-12,15,20H,3-4,13-14H2,1-2H3/t20-/m0/s1. The minimum absolute atomic E-state index is 0.221. The van der Waals surface area contributed by atoms with Gasteiger partial charge in [0.05, 0.1) is 10.9 Å². The third-order valence-corrected chi connectivity index (χ3v) is 6.55. The average Bonchev–Trinajstić information content (AvgIpc) is 3.06. The Balaban J connectivity index is 1.86. The third kappa shape index (κ3) is 3.93. The van der Waals surface area contributed by atoms with Crippen LogP contribution < -0.4 is 0 Å². The predicted molar refractivity (Wildman–Crippen MR) is 97.3 cm³/mol. The summed E-state index contributed by atoms with van der Waals surface area (Å²) in [5.74, 6) is 0.223. The maximum Gasteiger partial charge on any atom is 0.243 e. The van der Waals surface area contributed by atoms with Gasteiger partial charge in [0, 0.05) is 6.54 Å². The molecule has 3 rings (SSSR count). The van der Waals surface area contributed by atoms with E-state index in [0.717, 1.165) is 30.4 Å². The smallest absolute Gasteiger partial charge is 0.207 e. The summed E-state index contributed by atoms with van der Waals surface area (Å²) in [4.78, 5) is 0.328. The Labute approximate surface area is 149 Å². The van der Waals surface area contributed by atoms with Crippen molar-refractivity contribution in [2.24, 2.45) is 5.92 Å². The minimum Gasteiger partial charge on any atom is -0.207 e. The first-order chi connectivity index (χ1) is 11.9. The van der Waals surface area contributed by atoms with Crippen molar-refractivity contribution in [3.05, 3.63) is 65.5 Å². The second kappa shape index (κ2) is 7.26. The molecular formula is C20H24FNO2S. The van der Waals surface area contributed by atoms with Gasteiger partial charge in [-0.3, -0.25) is 0 Å². The van der Waals surface area contributed by atoms with E-state index in [-0.39, 0.29) is 11.9 Å². The molecule has 1 atom stereocenters. The summed E-state index contributed by atoms with van der Waals surface area (Å²) in [5, 5.41) is 0. The molecule has 0 radical (unpaired) electrons. The van der Waals surface area contributed by atoms with Gasteiger partial charge in [0.1, 0.15) is 5.82 Å². The molecular weight excluding hydrogens is 337 g/mol. The molecule has 0 aromatic heterocycles. The van der Waals surface area contributed by atoms with E-state index in [9.17, 15) is 12.8 Å². The van der Waals surface area contributed by atoms with Gasteiger partial charge in [0.15, 0.2) is 0 Å². The predicted octanol–water partition coefficient (Wildman–Crippen LogP) is 4.55. The maximum atomic E-state index is 13.2. The molecule has 0 bridgehead atoms. The quantitative estimate of drug-likeness (QED) is 0.783. The summed E-state index contributed by atoms with van der Waals surface area (Å²) < 4.78 is 40.9. The van der Waals surface area contributed by atoms with Gasteiger partial charge in [0.2, 0.25) is 10.0 Å². The van der Waals surface area contributed by atoms with Crippen LogP contribution in [-0.4, -0.2) is 19.3 Å². The van der Waals surface area contributed by atoms with Crippen LogP contribution in [0.15, 0.2) is 53.4 Å². The number of benzene rings is 2. The fraction of sp³-hybridized carbons (Fsp3) is 0.400. The van der Waals surface area contributed by atoms with Crippen LogP contribution in [0.4, 0.5) is 4.39 Å². The monoisotopic (exact) mass is 361 g/mol. The van der Waals surface area contributed by atoms with Gasteiger partial charge in [-0.15, -0.1) is 0 Å². The lowest BCUT2D eigenvalue weighted by Gasteiger charge is -2.24. The van der Waals surface area contributed by atoms with Gasteiger partial charge in [-0.05, 0) is 60.6 Å². The molecule has 0 saturated carbocycles. The summed E-state index contributed by atoms with van der Waals surface area (Å²) in [6.07, 6.45) is 2.51. The van der Waals surface area contributed by atoms with Gasteiger partial charge in [0.25, 0.3) is 0 Å². The van der Waals surface area contributed by atoms with Crippen LogP contribution in [0.5, 0.6) is 0 Å². The first-order valence-electron chi connectivity index (χ1n) is 8.74. The molecule has 2 aromatic carbocycles. The number of sulfonamides is 1. The molecule has 1 saturated heterocycles. The normalized spacial score (nSPS) is 18.8. The molecule has 1 aliphatic rings. The Bertz CT molecular complexity index is 814. The maximum absolute atomic E-state index is 13.2. The molecule has 3 nitrogen and oxygen atoms in total. The Kier molecular flexibility index (Phi) is 5.25. The van der Waals surface area contributed by atoms with Crippen molar-refractivity contribution in [2.75, 3.05) is 6.54 Å². The Morgan fingerprint density at radius 2 is 1.72 bits per heavy atom. The van der Waals surface area contributed by atoms with Crippen LogP contribution in [0.3, 0.4) is 0 Å². The molecule has 25 heavy (non-hydrogen) atoms. The van der Waals surface area contributed by atoms with E-state index in [0.29, 0.717) is 17.4 Å². The van der Waals surface area contributed by atoms with Crippen LogP contribution in [0.25, 0.3) is 0 Å².